The molecular weight excluding hydrogens is 819 g/mol. The van der Waals surface area contributed by atoms with Crippen LogP contribution in [-0.4, -0.2) is 39.7 Å². The predicted molar refractivity (Wildman–Crippen MR) is 237 cm³/mol. The number of hydrogen-bond acceptors (Lipinski definition) is 12. The SMILES string of the molecule is CC(=O)Oc1ccc(C(C)(O/N=C(/C(=O)O)c2csc(NC(c3ccccc3)(c3ccccc3)c3ccccc3)n2)C(=O)OC(c2ccccc2)c2ccccc2)cc1OC(C)=O. The van der Waals surface area contributed by atoms with E-state index in [-0.39, 0.29) is 22.8 Å². The van der Waals surface area contributed by atoms with Crippen LogP contribution in [0.2, 0.25) is 0 Å². The third kappa shape index (κ3) is 9.69. The highest BCUT2D eigenvalue weighted by molar-refractivity contribution is 7.14. The Bertz CT molecular complexity index is 2600. The van der Waals surface area contributed by atoms with Crippen LogP contribution in [0.1, 0.15) is 65.9 Å². The molecule has 7 aromatic rings. The average Bonchev–Trinajstić information content (AvgIpc) is 3.76. The predicted octanol–water partition coefficient (Wildman–Crippen LogP) is 9.45. The Kier molecular flexibility index (Phi) is 13.2. The van der Waals surface area contributed by atoms with Crippen LogP contribution >= 0.6 is 11.3 Å². The summed E-state index contributed by atoms with van der Waals surface area (Å²) in [6.45, 7) is 3.67. The van der Waals surface area contributed by atoms with Crippen molar-refractivity contribution >= 4 is 46.1 Å². The van der Waals surface area contributed by atoms with E-state index in [4.69, 9.17) is 24.0 Å². The smallest absolute Gasteiger partial charge is 0.360 e. The molecule has 0 bridgehead atoms. The fourth-order valence-electron chi connectivity index (χ4n) is 7.00. The summed E-state index contributed by atoms with van der Waals surface area (Å²) >= 11 is 1.16. The van der Waals surface area contributed by atoms with Crippen LogP contribution in [0.3, 0.4) is 0 Å². The second-order valence-electron chi connectivity index (χ2n) is 14.3. The van der Waals surface area contributed by atoms with E-state index in [9.17, 15) is 24.3 Å². The molecule has 0 amide bonds. The number of carbonyl (C=O) groups is 4. The number of esters is 3. The summed E-state index contributed by atoms with van der Waals surface area (Å²) in [6, 6.07) is 51.5. The van der Waals surface area contributed by atoms with Gasteiger partial charge >= 0.3 is 23.9 Å². The Morgan fingerprint density at radius 1 is 0.635 bits per heavy atom. The molecule has 1 atom stereocenters. The monoisotopic (exact) mass is 859 g/mol. The van der Waals surface area contributed by atoms with Crippen LogP contribution < -0.4 is 14.8 Å². The summed E-state index contributed by atoms with van der Waals surface area (Å²) < 4.78 is 16.9. The van der Waals surface area contributed by atoms with E-state index >= 15 is 0 Å². The van der Waals surface area contributed by atoms with Crippen molar-refractivity contribution in [3.8, 4) is 11.5 Å². The summed E-state index contributed by atoms with van der Waals surface area (Å²) in [5.74, 6) is -4.24. The average molecular weight is 860 g/mol. The summed E-state index contributed by atoms with van der Waals surface area (Å²) in [7, 11) is 0. The second-order valence-corrected chi connectivity index (χ2v) is 15.2. The topological polar surface area (TPSA) is 163 Å². The summed E-state index contributed by atoms with van der Waals surface area (Å²) in [5.41, 5.74) is 0.139. The van der Waals surface area contributed by atoms with Crippen LogP contribution in [-0.2, 0) is 39.9 Å². The number of carboxylic acid groups (broad SMARTS) is 1. The van der Waals surface area contributed by atoms with Gasteiger partial charge in [0.15, 0.2) is 22.7 Å². The molecule has 0 aliphatic carbocycles. The van der Waals surface area contributed by atoms with Crippen molar-refractivity contribution in [3.05, 3.63) is 214 Å². The lowest BCUT2D eigenvalue weighted by molar-refractivity contribution is -0.176. The lowest BCUT2D eigenvalue weighted by atomic mass is 9.77. The molecule has 0 radical (unpaired) electrons. The van der Waals surface area contributed by atoms with Gasteiger partial charge in [0.05, 0.1) is 0 Å². The van der Waals surface area contributed by atoms with E-state index in [1.54, 1.807) is 48.5 Å². The molecule has 12 nitrogen and oxygen atoms in total. The fourth-order valence-corrected chi connectivity index (χ4v) is 7.75. The first-order valence-electron chi connectivity index (χ1n) is 19.7. The largest absolute Gasteiger partial charge is 0.476 e. The summed E-state index contributed by atoms with van der Waals surface area (Å²) in [5, 5.41) is 20.2. The molecule has 1 heterocycles. The molecule has 0 aliphatic heterocycles. The molecule has 13 heteroatoms. The molecular formula is C50H41N3O9S. The van der Waals surface area contributed by atoms with Gasteiger partial charge in [-0.05, 0) is 46.9 Å². The maximum Gasteiger partial charge on any atom is 0.360 e. The lowest BCUT2D eigenvalue weighted by Crippen LogP contribution is -2.38. The van der Waals surface area contributed by atoms with Gasteiger partial charge in [-0.2, -0.15) is 0 Å². The number of hydrogen-bond donors (Lipinski definition) is 2. The molecule has 6 aromatic carbocycles. The van der Waals surface area contributed by atoms with E-state index in [1.165, 1.54) is 37.4 Å². The van der Waals surface area contributed by atoms with E-state index in [0.29, 0.717) is 16.3 Å². The van der Waals surface area contributed by atoms with E-state index in [1.807, 2.05) is 103 Å². The quantitative estimate of drug-likeness (QED) is 0.0313. The van der Waals surface area contributed by atoms with Gasteiger partial charge in [-0.1, -0.05) is 163 Å². The number of rotatable bonds is 16. The van der Waals surface area contributed by atoms with E-state index in [2.05, 4.69) is 10.5 Å². The van der Waals surface area contributed by atoms with Gasteiger partial charge in [-0.15, -0.1) is 11.3 Å². The normalized spacial score (nSPS) is 12.4. The Morgan fingerprint density at radius 3 is 1.56 bits per heavy atom. The second kappa shape index (κ2) is 19.2. The van der Waals surface area contributed by atoms with Crippen LogP contribution in [0.25, 0.3) is 0 Å². The highest BCUT2D eigenvalue weighted by atomic mass is 32.1. The van der Waals surface area contributed by atoms with Crippen molar-refractivity contribution in [3.63, 3.8) is 0 Å². The molecule has 2 N–H and O–H groups in total. The van der Waals surface area contributed by atoms with Gasteiger partial charge in [0.25, 0.3) is 5.60 Å². The van der Waals surface area contributed by atoms with Gasteiger partial charge < -0.3 is 29.5 Å². The van der Waals surface area contributed by atoms with E-state index < -0.39 is 46.8 Å². The molecule has 316 valence electrons. The first kappa shape index (κ1) is 43.2. The number of carboxylic acids is 1. The highest BCUT2D eigenvalue weighted by Crippen LogP contribution is 2.42. The number of nitrogens with one attached hydrogen (secondary N) is 1. The third-order valence-corrected chi connectivity index (χ3v) is 10.8. The number of aromatic nitrogens is 1. The van der Waals surface area contributed by atoms with Gasteiger partial charge in [-0.25, -0.2) is 14.6 Å². The van der Waals surface area contributed by atoms with Crippen molar-refractivity contribution in [2.75, 3.05) is 5.32 Å². The number of carbonyl (C=O) groups excluding carboxylic acids is 3. The van der Waals surface area contributed by atoms with Crippen molar-refractivity contribution in [2.24, 2.45) is 5.16 Å². The molecule has 1 aromatic heterocycles. The van der Waals surface area contributed by atoms with Gasteiger partial charge in [0, 0.05) is 24.8 Å². The van der Waals surface area contributed by atoms with Gasteiger partial charge in [0.1, 0.15) is 11.2 Å². The van der Waals surface area contributed by atoms with Crippen molar-refractivity contribution in [2.45, 2.75) is 38.0 Å². The highest BCUT2D eigenvalue weighted by Gasteiger charge is 2.44. The zero-order valence-corrected chi connectivity index (χ0v) is 35.2. The van der Waals surface area contributed by atoms with Gasteiger partial charge in [-0.3, -0.25) is 9.59 Å². The molecule has 0 spiro atoms. The summed E-state index contributed by atoms with van der Waals surface area (Å²) in [4.78, 5) is 62.7. The minimum absolute atomic E-state index is 0.0204. The Morgan fingerprint density at radius 2 is 1.10 bits per heavy atom. The molecule has 0 saturated carbocycles. The fraction of sp³-hybridized carbons (Fsp3) is 0.120. The van der Waals surface area contributed by atoms with E-state index in [0.717, 1.165) is 35.0 Å². The van der Waals surface area contributed by atoms with Gasteiger partial charge in [0.2, 0.25) is 5.71 Å². The maximum absolute atomic E-state index is 14.7. The van der Waals surface area contributed by atoms with Crippen molar-refractivity contribution in [1.82, 2.24) is 4.98 Å². The van der Waals surface area contributed by atoms with Crippen LogP contribution in [0, 0.1) is 0 Å². The van der Waals surface area contributed by atoms with Crippen molar-refractivity contribution < 1.29 is 43.3 Å². The van der Waals surface area contributed by atoms with Crippen LogP contribution in [0.15, 0.2) is 180 Å². The molecule has 63 heavy (non-hydrogen) atoms. The number of benzene rings is 6. The number of anilines is 1. The van der Waals surface area contributed by atoms with Crippen molar-refractivity contribution in [1.29, 1.82) is 0 Å². The molecule has 0 aliphatic rings. The minimum atomic E-state index is -2.22. The molecule has 0 fully saturated rings. The standard InChI is InChI=1S/C50H41N3O9S/c1-33(54)59-42-30-29-40(31-43(42)60-34(2)55)49(3,47(58)61-45(35-19-9-4-10-20-35)36-21-11-5-12-22-36)62-53-44(46(56)57)41-32-63-48(51-41)52-50(37-23-13-6-14-24-37,38-25-15-7-16-26-38)39-27-17-8-18-28-39/h4-32,45H,1-3H3,(H,51,52)(H,56,57)/b53-44+. The molecule has 1 unspecified atom stereocenters. The molecule has 0 saturated heterocycles. The lowest BCUT2D eigenvalue weighted by Gasteiger charge is -2.36. The number of oxime groups is 1. The number of aliphatic carboxylic acids is 1. The zero-order chi connectivity index (χ0) is 44.4. The minimum Gasteiger partial charge on any atom is -0.476 e. The summed E-state index contributed by atoms with van der Waals surface area (Å²) in [6.07, 6.45) is -0.940. The number of ether oxygens (including phenoxy) is 3. The number of thiazole rings is 1. The van der Waals surface area contributed by atoms with Crippen LogP contribution in [0.4, 0.5) is 5.13 Å². The number of nitrogens with zero attached hydrogens (tertiary/aromatic N) is 2. The Labute approximate surface area is 367 Å². The Balaban J connectivity index is 1.31. The zero-order valence-electron chi connectivity index (χ0n) is 34.3. The first-order valence-corrected chi connectivity index (χ1v) is 20.6. The third-order valence-electron chi connectivity index (χ3n) is 10.0. The van der Waals surface area contributed by atoms with Crippen LogP contribution in [0.5, 0.6) is 11.5 Å². The first-order chi connectivity index (χ1) is 30.5. The Hall–Kier alpha value is -7.90. The maximum atomic E-state index is 14.7. The molecule has 7 rings (SSSR count).